The number of carbonyl (C=O) groups excluding carboxylic acids is 1. The van der Waals surface area contributed by atoms with Crippen LogP contribution in [0.5, 0.6) is 0 Å². The molecule has 0 fully saturated rings. The minimum Gasteiger partial charge on any atom is -0.396 e. The van der Waals surface area contributed by atoms with Crippen LogP contribution in [0, 0.1) is 5.92 Å². The Kier molecular flexibility index (Phi) is 7.17. The van der Waals surface area contributed by atoms with Crippen LogP contribution in [0.15, 0.2) is 30.3 Å². The average molecular weight is 289 g/mol. The predicted molar refractivity (Wildman–Crippen MR) is 88.0 cm³/mol. The van der Waals surface area contributed by atoms with Crippen molar-refractivity contribution in [3.63, 3.8) is 0 Å². The Balaban J connectivity index is 2.45. The number of hydrogen-bond acceptors (Lipinski definition) is 2. The van der Waals surface area contributed by atoms with Gasteiger partial charge in [0.05, 0.1) is 0 Å². The molecule has 0 saturated heterocycles. The third-order valence-corrected chi connectivity index (χ3v) is 3.75. The van der Waals surface area contributed by atoms with E-state index in [-0.39, 0.29) is 24.5 Å². The molecule has 1 aromatic rings. The first kappa shape index (κ1) is 17.4. The lowest BCUT2D eigenvalue weighted by molar-refractivity contribution is -0.121. The minimum absolute atomic E-state index is 0.0128. The standard InChI is InChI=1S/C18H27NO2/c1-13(2)17-10-8-16(9-11-17)6-5-7-18(21)19-15(4)14(3)12-20/h5-6,8-11,13-15,20H,7,12H2,1-4H3,(H,19,21)/b6-5+. The average Bonchev–Trinajstić information content (AvgIpc) is 2.46. The van der Waals surface area contributed by atoms with Crippen molar-refractivity contribution in [3.05, 3.63) is 41.5 Å². The van der Waals surface area contributed by atoms with E-state index in [0.29, 0.717) is 12.3 Å². The van der Waals surface area contributed by atoms with Crippen LogP contribution in [0.1, 0.15) is 51.2 Å². The van der Waals surface area contributed by atoms with Gasteiger partial charge in [-0.05, 0) is 29.9 Å². The molecule has 1 rings (SSSR count). The van der Waals surface area contributed by atoms with E-state index in [0.717, 1.165) is 5.56 Å². The molecule has 2 atom stereocenters. The van der Waals surface area contributed by atoms with Crippen molar-refractivity contribution in [2.45, 2.75) is 46.1 Å². The van der Waals surface area contributed by atoms with Crippen molar-refractivity contribution in [2.75, 3.05) is 6.61 Å². The zero-order chi connectivity index (χ0) is 15.8. The van der Waals surface area contributed by atoms with E-state index in [4.69, 9.17) is 5.11 Å². The summed E-state index contributed by atoms with van der Waals surface area (Å²) in [4.78, 5) is 11.8. The van der Waals surface area contributed by atoms with E-state index in [1.54, 1.807) is 0 Å². The van der Waals surface area contributed by atoms with E-state index in [1.165, 1.54) is 5.56 Å². The van der Waals surface area contributed by atoms with Gasteiger partial charge in [-0.15, -0.1) is 0 Å². The van der Waals surface area contributed by atoms with E-state index in [2.05, 4.69) is 43.4 Å². The largest absolute Gasteiger partial charge is 0.396 e. The first-order chi connectivity index (χ1) is 9.93. The van der Waals surface area contributed by atoms with Gasteiger partial charge in [-0.2, -0.15) is 0 Å². The third kappa shape index (κ3) is 6.13. The summed E-state index contributed by atoms with van der Waals surface area (Å²) in [5.41, 5.74) is 2.42. The molecule has 0 bridgehead atoms. The second-order valence-electron chi connectivity index (χ2n) is 5.94. The van der Waals surface area contributed by atoms with Gasteiger partial charge < -0.3 is 10.4 Å². The van der Waals surface area contributed by atoms with Crippen LogP contribution in [-0.4, -0.2) is 23.7 Å². The maximum Gasteiger partial charge on any atom is 0.224 e. The Morgan fingerprint density at radius 1 is 1.19 bits per heavy atom. The Labute approximate surface area is 128 Å². The zero-order valence-electron chi connectivity index (χ0n) is 13.5. The highest BCUT2D eigenvalue weighted by Gasteiger charge is 2.12. The van der Waals surface area contributed by atoms with Gasteiger partial charge in [-0.1, -0.05) is 57.2 Å². The summed E-state index contributed by atoms with van der Waals surface area (Å²) in [5.74, 6) is 0.586. The summed E-state index contributed by atoms with van der Waals surface area (Å²) >= 11 is 0. The van der Waals surface area contributed by atoms with Gasteiger partial charge in [0.2, 0.25) is 5.91 Å². The highest BCUT2D eigenvalue weighted by molar-refractivity contribution is 5.78. The number of aliphatic hydroxyl groups is 1. The molecule has 0 spiro atoms. The normalized spacial score (nSPS) is 14.4. The number of nitrogens with one attached hydrogen (secondary N) is 1. The van der Waals surface area contributed by atoms with Gasteiger partial charge in [0.25, 0.3) is 0 Å². The van der Waals surface area contributed by atoms with E-state index in [9.17, 15) is 4.79 Å². The topological polar surface area (TPSA) is 49.3 Å². The number of amides is 1. The van der Waals surface area contributed by atoms with Crippen molar-refractivity contribution < 1.29 is 9.90 Å². The van der Waals surface area contributed by atoms with Crippen LogP contribution < -0.4 is 5.32 Å². The van der Waals surface area contributed by atoms with Gasteiger partial charge in [0.15, 0.2) is 0 Å². The highest BCUT2D eigenvalue weighted by Crippen LogP contribution is 2.15. The number of carbonyl (C=O) groups is 1. The summed E-state index contributed by atoms with van der Waals surface area (Å²) in [6, 6.07) is 8.37. The number of hydrogen-bond donors (Lipinski definition) is 2. The molecule has 3 heteroatoms. The number of aliphatic hydroxyl groups excluding tert-OH is 1. The molecule has 0 saturated carbocycles. The summed E-state index contributed by atoms with van der Waals surface area (Å²) in [6.07, 6.45) is 4.19. The molecule has 0 aromatic heterocycles. The fraction of sp³-hybridized carbons (Fsp3) is 0.500. The molecule has 0 heterocycles. The summed E-state index contributed by atoms with van der Waals surface area (Å²) in [5, 5.41) is 11.9. The maximum atomic E-state index is 11.8. The summed E-state index contributed by atoms with van der Waals surface area (Å²) < 4.78 is 0. The van der Waals surface area contributed by atoms with Crippen LogP contribution in [-0.2, 0) is 4.79 Å². The Morgan fingerprint density at radius 3 is 2.33 bits per heavy atom. The van der Waals surface area contributed by atoms with Crippen LogP contribution in [0.25, 0.3) is 6.08 Å². The second-order valence-corrected chi connectivity index (χ2v) is 5.94. The molecule has 1 aromatic carbocycles. The fourth-order valence-corrected chi connectivity index (χ4v) is 1.91. The highest BCUT2D eigenvalue weighted by atomic mass is 16.3. The summed E-state index contributed by atoms with van der Waals surface area (Å²) in [7, 11) is 0. The van der Waals surface area contributed by atoms with Crippen molar-refractivity contribution in [3.8, 4) is 0 Å². The van der Waals surface area contributed by atoms with Gasteiger partial charge in [0, 0.05) is 19.1 Å². The zero-order valence-corrected chi connectivity index (χ0v) is 13.5. The van der Waals surface area contributed by atoms with Gasteiger partial charge >= 0.3 is 0 Å². The molecule has 0 aliphatic rings. The fourth-order valence-electron chi connectivity index (χ4n) is 1.91. The predicted octanol–water partition coefficient (Wildman–Crippen LogP) is 3.35. The third-order valence-electron chi connectivity index (χ3n) is 3.75. The smallest absolute Gasteiger partial charge is 0.224 e. The SMILES string of the molecule is CC(C)c1ccc(/C=C/CC(=O)NC(C)C(C)CO)cc1. The van der Waals surface area contributed by atoms with E-state index in [1.807, 2.05) is 26.0 Å². The molecular weight excluding hydrogens is 262 g/mol. The molecule has 2 unspecified atom stereocenters. The lowest BCUT2D eigenvalue weighted by Crippen LogP contribution is -2.37. The Morgan fingerprint density at radius 2 is 1.81 bits per heavy atom. The molecule has 116 valence electrons. The monoisotopic (exact) mass is 289 g/mol. The van der Waals surface area contributed by atoms with Crippen molar-refractivity contribution in [1.82, 2.24) is 5.32 Å². The first-order valence-electron chi connectivity index (χ1n) is 7.60. The quantitative estimate of drug-likeness (QED) is 0.808. The van der Waals surface area contributed by atoms with Gasteiger partial charge in [-0.3, -0.25) is 4.79 Å². The molecular formula is C18H27NO2. The van der Waals surface area contributed by atoms with Crippen LogP contribution in [0.2, 0.25) is 0 Å². The van der Waals surface area contributed by atoms with Crippen molar-refractivity contribution >= 4 is 12.0 Å². The molecule has 0 aliphatic heterocycles. The number of rotatable bonds is 7. The van der Waals surface area contributed by atoms with Crippen LogP contribution in [0.3, 0.4) is 0 Å². The van der Waals surface area contributed by atoms with Gasteiger partial charge in [0.1, 0.15) is 0 Å². The number of benzene rings is 1. The lowest BCUT2D eigenvalue weighted by atomic mass is 10.0. The summed E-state index contributed by atoms with van der Waals surface area (Å²) in [6.45, 7) is 8.25. The molecule has 3 nitrogen and oxygen atoms in total. The maximum absolute atomic E-state index is 11.8. The van der Waals surface area contributed by atoms with E-state index < -0.39 is 0 Å². The Bertz CT molecular complexity index is 463. The van der Waals surface area contributed by atoms with Crippen molar-refractivity contribution in [1.29, 1.82) is 0 Å². The van der Waals surface area contributed by atoms with Crippen LogP contribution in [0.4, 0.5) is 0 Å². The van der Waals surface area contributed by atoms with Crippen LogP contribution >= 0.6 is 0 Å². The molecule has 0 radical (unpaired) electrons. The first-order valence-corrected chi connectivity index (χ1v) is 7.60. The molecule has 0 aliphatic carbocycles. The van der Waals surface area contributed by atoms with Crippen molar-refractivity contribution in [2.24, 2.45) is 5.92 Å². The minimum atomic E-state index is -0.0159. The molecule has 2 N–H and O–H groups in total. The second kappa shape index (κ2) is 8.63. The molecule has 21 heavy (non-hydrogen) atoms. The Hall–Kier alpha value is -1.61. The lowest BCUT2D eigenvalue weighted by Gasteiger charge is -2.18. The molecule has 1 amide bonds. The van der Waals surface area contributed by atoms with E-state index >= 15 is 0 Å². The van der Waals surface area contributed by atoms with Gasteiger partial charge in [-0.25, -0.2) is 0 Å².